The van der Waals surface area contributed by atoms with E-state index in [0.29, 0.717) is 24.4 Å². The monoisotopic (exact) mass is 321 g/mol. The maximum atomic E-state index is 11.0. The van der Waals surface area contributed by atoms with Crippen LogP contribution in [0.25, 0.3) is 11.0 Å². The summed E-state index contributed by atoms with van der Waals surface area (Å²) < 4.78 is 10.1. The number of nitro benzene ring substituents is 1. The number of hydrogen-bond acceptors (Lipinski definition) is 8. The van der Waals surface area contributed by atoms with Crippen LogP contribution in [0.3, 0.4) is 0 Å². The number of non-ortho nitro benzene ring substituents is 1. The van der Waals surface area contributed by atoms with Crippen LogP contribution in [0.15, 0.2) is 16.8 Å². The van der Waals surface area contributed by atoms with E-state index < -0.39 is 4.92 Å². The topological polar surface area (TPSA) is 115 Å². The zero-order valence-corrected chi connectivity index (χ0v) is 12.9. The predicted molar refractivity (Wildman–Crippen MR) is 83.4 cm³/mol. The Balaban J connectivity index is 1.82. The Bertz CT molecular complexity index is 690. The van der Waals surface area contributed by atoms with Gasteiger partial charge < -0.3 is 15.4 Å². The Morgan fingerprint density at radius 2 is 2.13 bits per heavy atom. The summed E-state index contributed by atoms with van der Waals surface area (Å²) in [4.78, 5) is 10.5. The van der Waals surface area contributed by atoms with E-state index in [4.69, 9.17) is 4.74 Å². The second-order valence-electron chi connectivity index (χ2n) is 5.89. The Hall–Kier alpha value is -2.26. The maximum absolute atomic E-state index is 11.0. The fourth-order valence-electron chi connectivity index (χ4n) is 3.06. The van der Waals surface area contributed by atoms with E-state index in [-0.39, 0.29) is 16.6 Å². The molecule has 0 unspecified atom stereocenters. The Morgan fingerprint density at radius 1 is 1.39 bits per heavy atom. The first-order valence-electron chi connectivity index (χ1n) is 7.48. The molecule has 1 saturated heterocycles. The predicted octanol–water partition coefficient (Wildman–Crippen LogP) is 1.56. The van der Waals surface area contributed by atoms with Gasteiger partial charge in [-0.2, -0.15) is 0 Å². The van der Waals surface area contributed by atoms with E-state index in [0.717, 1.165) is 25.9 Å². The van der Waals surface area contributed by atoms with Gasteiger partial charge in [-0.25, -0.2) is 4.63 Å². The molecule has 1 aromatic carbocycles. The zero-order valence-electron chi connectivity index (χ0n) is 12.9. The van der Waals surface area contributed by atoms with Crippen molar-refractivity contribution in [3.05, 3.63) is 22.2 Å². The molecule has 124 valence electrons. The Labute approximate surface area is 132 Å². The van der Waals surface area contributed by atoms with Crippen molar-refractivity contribution in [2.24, 2.45) is 5.41 Å². The van der Waals surface area contributed by atoms with E-state index in [1.165, 1.54) is 6.07 Å². The molecule has 1 aliphatic rings. The lowest BCUT2D eigenvalue weighted by atomic mass is 9.79. The largest absolute Gasteiger partial charge is 0.384 e. The maximum Gasteiger partial charge on any atom is 0.300 e. The molecule has 0 aliphatic carbocycles. The Morgan fingerprint density at radius 3 is 2.83 bits per heavy atom. The highest BCUT2D eigenvalue weighted by Crippen LogP contribution is 2.32. The number of fused-ring (bicyclic) bond motifs is 1. The number of rotatable bonds is 6. The summed E-state index contributed by atoms with van der Waals surface area (Å²) in [5.41, 5.74) is 1.14. The molecule has 0 amide bonds. The van der Waals surface area contributed by atoms with Crippen LogP contribution in [0.2, 0.25) is 0 Å². The van der Waals surface area contributed by atoms with Crippen LogP contribution in [-0.2, 0) is 4.74 Å². The van der Waals surface area contributed by atoms with Gasteiger partial charge in [-0.3, -0.25) is 10.1 Å². The van der Waals surface area contributed by atoms with Crippen molar-refractivity contribution in [1.82, 2.24) is 15.6 Å². The molecule has 0 spiro atoms. The van der Waals surface area contributed by atoms with Crippen LogP contribution >= 0.6 is 0 Å². The van der Waals surface area contributed by atoms with Gasteiger partial charge in [0.15, 0.2) is 5.52 Å². The molecule has 3 rings (SSSR count). The van der Waals surface area contributed by atoms with Gasteiger partial charge in [-0.05, 0) is 42.3 Å². The van der Waals surface area contributed by atoms with Crippen molar-refractivity contribution in [3.63, 3.8) is 0 Å². The fraction of sp³-hybridized carbons (Fsp3) is 0.571. The van der Waals surface area contributed by atoms with Crippen LogP contribution in [0.5, 0.6) is 0 Å². The van der Waals surface area contributed by atoms with Gasteiger partial charge in [0.1, 0.15) is 0 Å². The highest BCUT2D eigenvalue weighted by atomic mass is 16.6. The normalized spacial score (nSPS) is 17.3. The first-order valence-corrected chi connectivity index (χ1v) is 7.48. The smallest absolute Gasteiger partial charge is 0.300 e. The molecular formula is C14H19N5O4. The number of aromatic nitrogens is 2. The number of nitrogens with one attached hydrogen (secondary N) is 2. The average molecular weight is 321 g/mol. The van der Waals surface area contributed by atoms with Gasteiger partial charge in [0.05, 0.1) is 17.2 Å². The highest BCUT2D eigenvalue weighted by Gasteiger charge is 2.32. The summed E-state index contributed by atoms with van der Waals surface area (Å²) in [6.45, 7) is 3.26. The van der Waals surface area contributed by atoms with Crippen LogP contribution in [0, 0.1) is 15.5 Å². The standard InChI is InChI=1S/C14H19N5O4/c1-22-9-14(4-6-15-7-5-14)8-16-10-2-3-11(19(20)21)13-12(10)17-23-18-13/h2-3,15-16H,4-9H2,1H3. The number of anilines is 1. The minimum atomic E-state index is -0.491. The van der Waals surface area contributed by atoms with Gasteiger partial charge >= 0.3 is 5.69 Å². The summed E-state index contributed by atoms with van der Waals surface area (Å²) in [5.74, 6) is 0. The van der Waals surface area contributed by atoms with Crippen molar-refractivity contribution >= 4 is 22.4 Å². The van der Waals surface area contributed by atoms with E-state index in [1.807, 2.05) is 0 Å². The first kappa shape index (κ1) is 15.6. The van der Waals surface area contributed by atoms with Crippen molar-refractivity contribution in [2.75, 3.05) is 38.7 Å². The van der Waals surface area contributed by atoms with Gasteiger partial charge in [-0.1, -0.05) is 0 Å². The number of piperidine rings is 1. The third-order valence-corrected chi connectivity index (χ3v) is 4.36. The summed E-state index contributed by atoms with van der Waals surface area (Å²) in [6.07, 6.45) is 2.00. The van der Waals surface area contributed by atoms with Gasteiger partial charge in [-0.15, -0.1) is 0 Å². The quantitative estimate of drug-likeness (QED) is 0.608. The van der Waals surface area contributed by atoms with E-state index in [2.05, 4.69) is 25.6 Å². The van der Waals surface area contributed by atoms with Crippen LogP contribution < -0.4 is 10.6 Å². The lowest BCUT2D eigenvalue weighted by molar-refractivity contribution is -0.383. The minimum Gasteiger partial charge on any atom is -0.384 e. The fourth-order valence-corrected chi connectivity index (χ4v) is 3.06. The molecule has 0 bridgehead atoms. The summed E-state index contributed by atoms with van der Waals surface area (Å²) in [6, 6.07) is 3.06. The molecular weight excluding hydrogens is 302 g/mol. The molecule has 1 aliphatic heterocycles. The molecule has 0 radical (unpaired) electrons. The van der Waals surface area contributed by atoms with Gasteiger partial charge in [0.2, 0.25) is 5.52 Å². The van der Waals surface area contributed by atoms with Crippen molar-refractivity contribution in [1.29, 1.82) is 0 Å². The van der Waals surface area contributed by atoms with Crippen molar-refractivity contribution in [2.45, 2.75) is 12.8 Å². The first-order chi connectivity index (χ1) is 11.2. The summed E-state index contributed by atoms with van der Waals surface area (Å²) in [5, 5.41) is 25.2. The lowest BCUT2D eigenvalue weighted by Crippen LogP contribution is -2.44. The third-order valence-electron chi connectivity index (χ3n) is 4.36. The molecule has 1 fully saturated rings. The van der Waals surface area contributed by atoms with Gasteiger partial charge in [0.25, 0.3) is 0 Å². The SMILES string of the molecule is COCC1(CNc2ccc([N+](=O)[O-])c3nonc23)CCNCC1. The second kappa shape index (κ2) is 6.47. The molecule has 0 saturated carbocycles. The summed E-state index contributed by atoms with van der Waals surface area (Å²) >= 11 is 0. The average Bonchev–Trinajstić information content (AvgIpc) is 3.03. The molecule has 23 heavy (non-hydrogen) atoms. The number of ether oxygens (including phenoxy) is 1. The minimum absolute atomic E-state index is 0.0330. The second-order valence-corrected chi connectivity index (χ2v) is 5.89. The van der Waals surface area contributed by atoms with Crippen LogP contribution in [-0.4, -0.2) is 48.6 Å². The number of nitrogens with zero attached hydrogens (tertiary/aromatic N) is 3. The van der Waals surface area contributed by atoms with Gasteiger partial charge in [0, 0.05) is 25.1 Å². The van der Waals surface area contributed by atoms with Crippen LogP contribution in [0.1, 0.15) is 12.8 Å². The molecule has 2 N–H and O–H groups in total. The lowest BCUT2D eigenvalue weighted by Gasteiger charge is -2.37. The highest BCUT2D eigenvalue weighted by molar-refractivity contribution is 5.93. The third kappa shape index (κ3) is 3.10. The van der Waals surface area contributed by atoms with E-state index in [9.17, 15) is 10.1 Å². The molecule has 0 atom stereocenters. The number of nitro groups is 1. The number of benzene rings is 1. The van der Waals surface area contributed by atoms with E-state index in [1.54, 1.807) is 13.2 Å². The van der Waals surface area contributed by atoms with Crippen LogP contribution in [0.4, 0.5) is 11.4 Å². The summed E-state index contributed by atoms with van der Waals surface area (Å²) in [7, 11) is 1.70. The van der Waals surface area contributed by atoms with Crippen molar-refractivity contribution in [3.8, 4) is 0 Å². The Kier molecular flexibility index (Phi) is 4.39. The van der Waals surface area contributed by atoms with E-state index >= 15 is 0 Å². The number of hydrogen-bond donors (Lipinski definition) is 2. The number of methoxy groups -OCH3 is 1. The molecule has 2 aromatic rings. The molecule has 1 aromatic heterocycles. The van der Waals surface area contributed by atoms with Crippen molar-refractivity contribution < 1.29 is 14.3 Å². The molecule has 9 heteroatoms. The molecule has 2 heterocycles. The zero-order chi connectivity index (χ0) is 16.3. The molecule has 9 nitrogen and oxygen atoms in total.